The molecule has 1 aromatic rings. The molecule has 1 heterocycles. The summed E-state index contributed by atoms with van der Waals surface area (Å²) in [6, 6.07) is 3.64. The molecule has 19 heavy (non-hydrogen) atoms. The van der Waals surface area contributed by atoms with E-state index in [1.165, 1.54) is 0 Å². The second kappa shape index (κ2) is 5.79. The highest BCUT2D eigenvalue weighted by Crippen LogP contribution is 2.42. The van der Waals surface area contributed by atoms with Crippen LogP contribution in [0, 0.1) is 0 Å². The molecular formula is C13H17NO5. The quantitative estimate of drug-likeness (QED) is 0.878. The molecule has 104 valence electrons. The number of morpholine rings is 1. The van der Waals surface area contributed by atoms with E-state index in [0.29, 0.717) is 23.8 Å². The SMILES string of the molecule is COc1ccc([C@H]2CNC(=O)CO2)c(OC)c1OC. The van der Waals surface area contributed by atoms with Crippen LogP contribution < -0.4 is 19.5 Å². The second-order valence-corrected chi connectivity index (χ2v) is 4.03. The molecule has 0 spiro atoms. The normalized spacial score (nSPS) is 18.7. The number of ether oxygens (including phenoxy) is 4. The molecular weight excluding hydrogens is 250 g/mol. The predicted molar refractivity (Wildman–Crippen MR) is 67.8 cm³/mol. The zero-order valence-corrected chi connectivity index (χ0v) is 11.2. The maximum atomic E-state index is 11.1. The van der Waals surface area contributed by atoms with Crippen LogP contribution in [0.2, 0.25) is 0 Å². The minimum Gasteiger partial charge on any atom is -0.493 e. The summed E-state index contributed by atoms with van der Waals surface area (Å²) in [5.41, 5.74) is 0.820. The third-order valence-corrected chi connectivity index (χ3v) is 2.98. The number of hydrogen-bond acceptors (Lipinski definition) is 5. The van der Waals surface area contributed by atoms with E-state index in [0.717, 1.165) is 5.56 Å². The van der Waals surface area contributed by atoms with Crippen LogP contribution in [0.4, 0.5) is 0 Å². The molecule has 1 amide bonds. The van der Waals surface area contributed by atoms with Crippen molar-refractivity contribution in [3.05, 3.63) is 17.7 Å². The van der Waals surface area contributed by atoms with E-state index in [-0.39, 0.29) is 18.6 Å². The number of methoxy groups -OCH3 is 3. The first-order valence-electron chi connectivity index (χ1n) is 5.88. The Morgan fingerprint density at radius 2 is 1.89 bits per heavy atom. The van der Waals surface area contributed by atoms with Crippen LogP contribution >= 0.6 is 0 Å². The Balaban J connectivity index is 2.37. The van der Waals surface area contributed by atoms with E-state index in [4.69, 9.17) is 18.9 Å². The van der Waals surface area contributed by atoms with Gasteiger partial charge in [0, 0.05) is 12.1 Å². The fourth-order valence-corrected chi connectivity index (χ4v) is 2.07. The summed E-state index contributed by atoms with van der Waals surface area (Å²) in [5.74, 6) is 1.55. The van der Waals surface area contributed by atoms with Gasteiger partial charge in [0.15, 0.2) is 11.5 Å². The van der Waals surface area contributed by atoms with Crippen molar-refractivity contribution in [1.82, 2.24) is 5.32 Å². The molecule has 2 rings (SSSR count). The lowest BCUT2D eigenvalue weighted by Gasteiger charge is -2.26. The minimum absolute atomic E-state index is 0.0438. The smallest absolute Gasteiger partial charge is 0.246 e. The lowest BCUT2D eigenvalue weighted by atomic mass is 10.1. The molecule has 1 aliphatic rings. The first-order valence-corrected chi connectivity index (χ1v) is 5.88. The molecule has 6 nitrogen and oxygen atoms in total. The van der Waals surface area contributed by atoms with Crippen LogP contribution in [0.3, 0.4) is 0 Å². The molecule has 0 aromatic heterocycles. The van der Waals surface area contributed by atoms with Crippen molar-refractivity contribution < 1.29 is 23.7 Å². The number of hydrogen-bond donors (Lipinski definition) is 1. The summed E-state index contributed by atoms with van der Waals surface area (Å²) in [4.78, 5) is 11.1. The molecule has 0 aliphatic carbocycles. The molecule has 0 unspecified atom stereocenters. The molecule has 1 aliphatic heterocycles. The Morgan fingerprint density at radius 3 is 2.42 bits per heavy atom. The second-order valence-electron chi connectivity index (χ2n) is 4.03. The van der Waals surface area contributed by atoms with Crippen molar-refractivity contribution in [3.63, 3.8) is 0 Å². The Labute approximate surface area is 111 Å². The maximum Gasteiger partial charge on any atom is 0.246 e. The van der Waals surface area contributed by atoms with E-state index >= 15 is 0 Å². The third kappa shape index (κ3) is 2.58. The topological polar surface area (TPSA) is 66.0 Å². The summed E-state index contributed by atoms with van der Waals surface area (Å²) >= 11 is 0. The van der Waals surface area contributed by atoms with Crippen molar-refractivity contribution in [2.24, 2.45) is 0 Å². The summed E-state index contributed by atoms with van der Waals surface area (Å²) in [6.45, 7) is 0.451. The average molecular weight is 267 g/mol. The van der Waals surface area contributed by atoms with E-state index in [9.17, 15) is 4.79 Å². The van der Waals surface area contributed by atoms with Gasteiger partial charge >= 0.3 is 0 Å². The van der Waals surface area contributed by atoms with Crippen LogP contribution in [0.5, 0.6) is 17.2 Å². The largest absolute Gasteiger partial charge is 0.493 e. The third-order valence-electron chi connectivity index (χ3n) is 2.98. The molecule has 0 bridgehead atoms. The molecule has 1 N–H and O–H groups in total. The van der Waals surface area contributed by atoms with Gasteiger partial charge in [0.1, 0.15) is 12.7 Å². The van der Waals surface area contributed by atoms with Gasteiger partial charge in [-0.15, -0.1) is 0 Å². The highest BCUT2D eigenvalue weighted by molar-refractivity contribution is 5.78. The molecule has 1 atom stereocenters. The van der Waals surface area contributed by atoms with Crippen molar-refractivity contribution in [3.8, 4) is 17.2 Å². The van der Waals surface area contributed by atoms with Crippen LogP contribution in [-0.4, -0.2) is 40.4 Å². The van der Waals surface area contributed by atoms with Gasteiger partial charge in [0.2, 0.25) is 11.7 Å². The number of carbonyl (C=O) groups is 1. The average Bonchev–Trinajstić information content (AvgIpc) is 2.46. The number of benzene rings is 1. The van der Waals surface area contributed by atoms with Gasteiger partial charge in [-0.25, -0.2) is 0 Å². The first kappa shape index (κ1) is 13.5. The highest BCUT2D eigenvalue weighted by atomic mass is 16.5. The van der Waals surface area contributed by atoms with Crippen molar-refractivity contribution in [1.29, 1.82) is 0 Å². The van der Waals surface area contributed by atoms with E-state index in [1.54, 1.807) is 27.4 Å². The summed E-state index contributed by atoms with van der Waals surface area (Å²) < 4.78 is 21.4. The molecule has 1 aromatic carbocycles. The number of nitrogens with one attached hydrogen (secondary N) is 1. The summed E-state index contributed by atoms with van der Waals surface area (Å²) in [5, 5.41) is 2.76. The van der Waals surface area contributed by atoms with Gasteiger partial charge < -0.3 is 24.3 Å². The van der Waals surface area contributed by atoms with Crippen molar-refractivity contribution in [2.45, 2.75) is 6.10 Å². The van der Waals surface area contributed by atoms with Crippen molar-refractivity contribution in [2.75, 3.05) is 34.5 Å². The van der Waals surface area contributed by atoms with Gasteiger partial charge in [-0.05, 0) is 12.1 Å². The fraction of sp³-hybridized carbons (Fsp3) is 0.462. The number of rotatable bonds is 4. The monoisotopic (exact) mass is 267 g/mol. The summed E-state index contributed by atoms with van der Waals surface area (Å²) in [6.07, 6.45) is -0.257. The van der Waals surface area contributed by atoms with Crippen LogP contribution in [0.15, 0.2) is 12.1 Å². The van der Waals surface area contributed by atoms with Crippen LogP contribution in [-0.2, 0) is 9.53 Å². The van der Waals surface area contributed by atoms with E-state index < -0.39 is 0 Å². The van der Waals surface area contributed by atoms with Crippen LogP contribution in [0.25, 0.3) is 0 Å². The maximum absolute atomic E-state index is 11.1. The zero-order valence-electron chi connectivity index (χ0n) is 11.2. The Hall–Kier alpha value is -1.95. The standard InChI is InChI=1S/C13H17NO5/c1-16-9-5-4-8(12(17-2)13(9)18-3)10-6-14-11(15)7-19-10/h4-5,10H,6-7H2,1-3H3,(H,14,15)/t10-/m1/s1. The van der Waals surface area contributed by atoms with Gasteiger partial charge in [0.05, 0.1) is 21.3 Å². The molecule has 0 saturated carbocycles. The zero-order chi connectivity index (χ0) is 13.8. The van der Waals surface area contributed by atoms with Gasteiger partial charge in [0.25, 0.3) is 0 Å². The lowest BCUT2D eigenvalue weighted by Crippen LogP contribution is -2.38. The van der Waals surface area contributed by atoms with Gasteiger partial charge in [-0.1, -0.05) is 0 Å². The van der Waals surface area contributed by atoms with Gasteiger partial charge in [-0.2, -0.15) is 0 Å². The first-order chi connectivity index (χ1) is 9.21. The summed E-state index contributed by atoms with van der Waals surface area (Å²) in [7, 11) is 4.67. The lowest BCUT2D eigenvalue weighted by molar-refractivity contribution is -0.133. The highest BCUT2D eigenvalue weighted by Gasteiger charge is 2.26. The molecule has 1 saturated heterocycles. The minimum atomic E-state index is -0.257. The van der Waals surface area contributed by atoms with E-state index in [1.807, 2.05) is 6.07 Å². The Morgan fingerprint density at radius 1 is 1.16 bits per heavy atom. The van der Waals surface area contributed by atoms with Gasteiger partial charge in [-0.3, -0.25) is 4.79 Å². The Kier molecular flexibility index (Phi) is 4.11. The Bertz CT molecular complexity index is 464. The van der Waals surface area contributed by atoms with Crippen LogP contribution in [0.1, 0.15) is 11.7 Å². The number of amides is 1. The molecule has 6 heteroatoms. The van der Waals surface area contributed by atoms with Crippen molar-refractivity contribution >= 4 is 5.91 Å². The number of carbonyl (C=O) groups excluding carboxylic acids is 1. The predicted octanol–water partition coefficient (Wildman–Crippen LogP) is 0.900. The molecule has 1 fully saturated rings. The fourth-order valence-electron chi connectivity index (χ4n) is 2.07. The van der Waals surface area contributed by atoms with E-state index in [2.05, 4.69) is 5.32 Å². The molecule has 0 radical (unpaired) electrons.